The second kappa shape index (κ2) is 12.0. The van der Waals surface area contributed by atoms with Gasteiger partial charge in [0.2, 0.25) is 0 Å². The van der Waals surface area contributed by atoms with Crippen LogP contribution in [0.5, 0.6) is 5.75 Å². The smallest absolute Gasteiger partial charge is 0.174 e. The Morgan fingerprint density at radius 1 is 0.906 bits per heavy atom. The standard InChI is InChI=1S/C28H33F3O/c1-3-4-5-6-7-18-32-26-17-16-24(19-25(26)29)22-13-9-21(10-14-22)11-15-23-12-8-20(2)27(30)28(23)31/h8,12,16-17,19,21-22H,3-7,9-10,13-14,18H2,1-2H3. The van der Waals surface area contributed by atoms with Crippen LogP contribution in [0.1, 0.15) is 87.3 Å². The zero-order valence-corrected chi connectivity index (χ0v) is 19.2. The van der Waals surface area contributed by atoms with Crippen molar-refractivity contribution in [3.8, 4) is 17.6 Å². The lowest BCUT2D eigenvalue weighted by Gasteiger charge is -2.26. The molecule has 0 spiro atoms. The maximum Gasteiger partial charge on any atom is 0.174 e. The van der Waals surface area contributed by atoms with Crippen LogP contribution >= 0.6 is 0 Å². The largest absolute Gasteiger partial charge is 0.491 e. The highest BCUT2D eigenvalue weighted by Gasteiger charge is 2.22. The molecular weight excluding hydrogens is 409 g/mol. The molecule has 1 saturated carbocycles. The minimum atomic E-state index is -0.870. The Balaban J connectivity index is 1.50. The number of unbranched alkanes of at least 4 members (excludes halogenated alkanes) is 4. The molecule has 3 rings (SSSR count). The summed E-state index contributed by atoms with van der Waals surface area (Å²) in [5, 5.41) is 0. The van der Waals surface area contributed by atoms with E-state index < -0.39 is 11.6 Å². The van der Waals surface area contributed by atoms with Crippen molar-refractivity contribution >= 4 is 0 Å². The van der Waals surface area contributed by atoms with Crippen LogP contribution in [0.2, 0.25) is 0 Å². The number of hydrogen-bond donors (Lipinski definition) is 0. The molecule has 0 aromatic heterocycles. The first kappa shape index (κ1) is 24.2. The van der Waals surface area contributed by atoms with Crippen LogP contribution in [-0.2, 0) is 0 Å². The highest BCUT2D eigenvalue weighted by molar-refractivity contribution is 5.39. The van der Waals surface area contributed by atoms with Gasteiger partial charge in [0.15, 0.2) is 23.2 Å². The fourth-order valence-electron chi connectivity index (χ4n) is 4.27. The van der Waals surface area contributed by atoms with Gasteiger partial charge in [0.25, 0.3) is 0 Å². The maximum absolute atomic E-state index is 14.5. The van der Waals surface area contributed by atoms with Gasteiger partial charge in [0.05, 0.1) is 12.2 Å². The normalized spacial score (nSPS) is 18.2. The third kappa shape index (κ3) is 6.55. The molecule has 0 amide bonds. The van der Waals surface area contributed by atoms with Crippen molar-refractivity contribution in [2.45, 2.75) is 77.6 Å². The summed E-state index contributed by atoms with van der Waals surface area (Å²) < 4.78 is 47.8. The Kier molecular flexibility index (Phi) is 9.09. The van der Waals surface area contributed by atoms with Gasteiger partial charge in [-0.1, -0.05) is 56.6 Å². The van der Waals surface area contributed by atoms with Crippen LogP contribution in [0.25, 0.3) is 0 Å². The molecule has 1 aliphatic rings. The predicted molar refractivity (Wildman–Crippen MR) is 123 cm³/mol. The third-order valence-corrected chi connectivity index (χ3v) is 6.35. The summed E-state index contributed by atoms with van der Waals surface area (Å²) >= 11 is 0. The van der Waals surface area contributed by atoms with E-state index >= 15 is 0 Å². The van der Waals surface area contributed by atoms with E-state index in [4.69, 9.17) is 4.74 Å². The SMILES string of the molecule is CCCCCCCOc1ccc(C2CCC(C#Cc3ccc(C)c(F)c3F)CC2)cc1F. The van der Waals surface area contributed by atoms with E-state index in [-0.39, 0.29) is 22.9 Å². The average molecular weight is 443 g/mol. The van der Waals surface area contributed by atoms with Gasteiger partial charge in [-0.25, -0.2) is 13.2 Å². The molecule has 172 valence electrons. The molecule has 0 aliphatic heterocycles. The summed E-state index contributed by atoms with van der Waals surface area (Å²) in [4.78, 5) is 0. The first-order valence-corrected chi connectivity index (χ1v) is 11.9. The Labute approximate surface area is 190 Å². The summed E-state index contributed by atoms with van der Waals surface area (Å²) in [5.41, 5.74) is 1.39. The van der Waals surface area contributed by atoms with Crippen molar-refractivity contribution in [1.82, 2.24) is 0 Å². The van der Waals surface area contributed by atoms with Crippen molar-refractivity contribution in [2.75, 3.05) is 6.61 Å². The number of hydrogen-bond acceptors (Lipinski definition) is 1. The summed E-state index contributed by atoms with van der Waals surface area (Å²) in [7, 11) is 0. The second-order valence-electron chi connectivity index (χ2n) is 8.83. The zero-order valence-electron chi connectivity index (χ0n) is 19.2. The average Bonchev–Trinajstić information content (AvgIpc) is 2.80. The summed E-state index contributed by atoms with van der Waals surface area (Å²) in [5.74, 6) is 4.70. The van der Waals surface area contributed by atoms with Gasteiger partial charge >= 0.3 is 0 Å². The number of rotatable bonds is 8. The van der Waals surface area contributed by atoms with E-state index in [2.05, 4.69) is 18.8 Å². The molecule has 32 heavy (non-hydrogen) atoms. The van der Waals surface area contributed by atoms with Crippen LogP contribution < -0.4 is 4.74 Å². The first-order valence-electron chi connectivity index (χ1n) is 11.9. The molecule has 2 aromatic rings. The quantitative estimate of drug-likeness (QED) is 0.296. The highest BCUT2D eigenvalue weighted by atomic mass is 19.2. The van der Waals surface area contributed by atoms with Crippen LogP contribution in [0.15, 0.2) is 30.3 Å². The predicted octanol–water partition coefficient (Wildman–Crippen LogP) is 8.09. The van der Waals surface area contributed by atoms with Crippen molar-refractivity contribution in [3.05, 3.63) is 64.5 Å². The molecule has 0 bridgehead atoms. The number of aryl methyl sites for hydroxylation is 1. The maximum atomic E-state index is 14.5. The Hall–Kier alpha value is -2.41. The van der Waals surface area contributed by atoms with Crippen LogP contribution in [0.3, 0.4) is 0 Å². The minimum absolute atomic E-state index is 0.109. The Bertz CT molecular complexity index is 949. The highest BCUT2D eigenvalue weighted by Crippen LogP contribution is 2.37. The molecular formula is C28H33F3O. The Morgan fingerprint density at radius 2 is 1.66 bits per heavy atom. The molecule has 2 aromatic carbocycles. The molecule has 0 saturated heterocycles. The molecule has 0 heterocycles. The lowest BCUT2D eigenvalue weighted by molar-refractivity contribution is 0.289. The fraction of sp³-hybridized carbons (Fsp3) is 0.500. The van der Waals surface area contributed by atoms with Gasteiger partial charge < -0.3 is 4.74 Å². The molecule has 0 atom stereocenters. The van der Waals surface area contributed by atoms with E-state index in [9.17, 15) is 13.2 Å². The number of halogens is 3. The van der Waals surface area contributed by atoms with Gasteiger partial charge in [0.1, 0.15) is 0 Å². The van der Waals surface area contributed by atoms with Gasteiger partial charge in [-0.3, -0.25) is 0 Å². The lowest BCUT2D eigenvalue weighted by atomic mass is 9.79. The van der Waals surface area contributed by atoms with E-state index in [1.807, 2.05) is 6.07 Å². The van der Waals surface area contributed by atoms with Crippen LogP contribution in [0.4, 0.5) is 13.2 Å². The molecule has 0 unspecified atom stereocenters. The van der Waals surface area contributed by atoms with E-state index in [1.165, 1.54) is 32.3 Å². The molecule has 4 heteroatoms. The zero-order chi connectivity index (χ0) is 22.9. The topological polar surface area (TPSA) is 9.23 Å². The Morgan fingerprint density at radius 3 is 2.38 bits per heavy atom. The van der Waals surface area contributed by atoms with Gasteiger partial charge in [-0.05, 0) is 74.3 Å². The molecule has 1 nitrogen and oxygen atoms in total. The van der Waals surface area contributed by atoms with E-state index in [0.717, 1.165) is 44.1 Å². The number of ether oxygens (including phenoxy) is 1. The van der Waals surface area contributed by atoms with Gasteiger partial charge in [-0.15, -0.1) is 0 Å². The van der Waals surface area contributed by atoms with Crippen LogP contribution in [-0.4, -0.2) is 6.61 Å². The lowest BCUT2D eigenvalue weighted by Crippen LogP contribution is -2.12. The fourth-order valence-corrected chi connectivity index (χ4v) is 4.27. The van der Waals surface area contributed by atoms with Crippen molar-refractivity contribution < 1.29 is 17.9 Å². The second-order valence-corrected chi connectivity index (χ2v) is 8.83. The van der Waals surface area contributed by atoms with Crippen molar-refractivity contribution in [3.63, 3.8) is 0 Å². The third-order valence-electron chi connectivity index (χ3n) is 6.35. The monoisotopic (exact) mass is 442 g/mol. The molecule has 1 fully saturated rings. The molecule has 1 aliphatic carbocycles. The summed E-state index contributed by atoms with van der Waals surface area (Å²) in [6.45, 7) is 4.27. The first-order chi connectivity index (χ1) is 15.5. The van der Waals surface area contributed by atoms with Gasteiger partial charge in [-0.2, -0.15) is 0 Å². The van der Waals surface area contributed by atoms with Gasteiger partial charge in [0, 0.05) is 5.92 Å². The molecule has 0 radical (unpaired) electrons. The molecule has 0 N–H and O–H groups in total. The summed E-state index contributed by atoms with van der Waals surface area (Å²) in [6.07, 6.45) is 9.25. The summed E-state index contributed by atoms with van der Waals surface area (Å²) in [6, 6.07) is 8.40. The van der Waals surface area contributed by atoms with E-state index in [0.29, 0.717) is 18.3 Å². The van der Waals surface area contributed by atoms with Crippen LogP contribution in [0, 0.1) is 42.1 Å². The van der Waals surface area contributed by atoms with E-state index in [1.54, 1.807) is 18.2 Å². The van der Waals surface area contributed by atoms with Crippen molar-refractivity contribution in [1.29, 1.82) is 0 Å². The van der Waals surface area contributed by atoms with Crippen molar-refractivity contribution in [2.24, 2.45) is 5.92 Å². The number of benzene rings is 2. The minimum Gasteiger partial charge on any atom is -0.491 e.